The maximum atomic E-state index is 5.60. The predicted molar refractivity (Wildman–Crippen MR) is 89.0 cm³/mol. The number of ether oxygens (including phenoxy) is 2. The molecule has 2 atom stereocenters. The summed E-state index contributed by atoms with van der Waals surface area (Å²) in [5, 5.41) is 3.66. The second-order valence-electron chi connectivity index (χ2n) is 5.19. The van der Waals surface area contributed by atoms with Crippen LogP contribution in [0.2, 0.25) is 0 Å². The monoisotopic (exact) mass is 339 g/mol. The lowest BCUT2D eigenvalue weighted by atomic mass is 10.4. The van der Waals surface area contributed by atoms with Crippen LogP contribution in [-0.4, -0.2) is 70.6 Å². The van der Waals surface area contributed by atoms with Crippen molar-refractivity contribution in [2.75, 3.05) is 35.5 Å². The topological polar surface area (TPSA) is 58.2 Å². The van der Waals surface area contributed by atoms with Crippen molar-refractivity contribution in [1.29, 1.82) is 0 Å². The Labute approximate surface area is 133 Å². The van der Waals surface area contributed by atoms with Crippen molar-refractivity contribution in [1.82, 2.24) is 5.32 Å². The Balaban J connectivity index is 4.99. The number of hydrogen-bond donors (Lipinski definition) is 1. The zero-order valence-electron chi connectivity index (χ0n) is 14.8. The molecule has 0 saturated carbocycles. The first kappa shape index (κ1) is 21.2. The molecule has 0 aliphatic heterocycles. The maximum Gasteiger partial charge on any atom is 0.517 e. The molecule has 0 aliphatic rings. The zero-order chi connectivity index (χ0) is 16.5. The molecule has 0 radical (unpaired) electrons. The lowest BCUT2D eigenvalue weighted by Crippen LogP contribution is -2.64. The van der Waals surface area contributed by atoms with Crippen LogP contribution < -0.4 is 5.32 Å². The fraction of sp³-hybridized carbons (Fsp3) is 1.00. The minimum Gasteiger partial charge on any atom is -0.376 e. The lowest BCUT2D eigenvalue weighted by Gasteiger charge is -2.37. The number of methoxy groups -OCH3 is 2. The van der Waals surface area contributed by atoms with Gasteiger partial charge < -0.3 is 28.1 Å². The second kappa shape index (κ2) is 10.1. The van der Waals surface area contributed by atoms with Gasteiger partial charge in [0.05, 0.1) is 5.67 Å². The normalized spacial score (nSPS) is 16.6. The van der Waals surface area contributed by atoms with Crippen molar-refractivity contribution in [2.45, 2.75) is 50.4 Å². The van der Waals surface area contributed by atoms with Crippen LogP contribution >= 0.6 is 0 Å². The molecule has 8 heteroatoms. The minimum absolute atomic E-state index is 0.0629. The van der Waals surface area contributed by atoms with E-state index in [9.17, 15) is 0 Å². The van der Waals surface area contributed by atoms with Gasteiger partial charge >= 0.3 is 8.80 Å². The third kappa shape index (κ3) is 5.72. The molecule has 0 saturated heterocycles. The van der Waals surface area contributed by atoms with E-state index >= 15 is 0 Å². The Kier molecular flexibility index (Phi) is 10.2. The lowest BCUT2D eigenvalue weighted by molar-refractivity contribution is -0.131. The van der Waals surface area contributed by atoms with Gasteiger partial charge in [-0.1, -0.05) is 13.8 Å². The van der Waals surface area contributed by atoms with Crippen molar-refractivity contribution >= 4 is 18.3 Å². The fourth-order valence-electron chi connectivity index (χ4n) is 2.45. The van der Waals surface area contributed by atoms with Crippen LogP contribution in [0.1, 0.15) is 33.6 Å². The first-order valence-corrected chi connectivity index (χ1v) is 10.7. The molecule has 0 aromatic heterocycles. The smallest absolute Gasteiger partial charge is 0.376 e. The standard InChI is InChI=1S/C13H33NO5Si2/c1-9-11(20-13(3,15-4)16-5)14-12(10-2)21(17-6,18-7)19-8/h11-12,14H,9-10,20H2,1-8H3. The minimum atomic E-state index is -2.69. The van der Waals surface area contributed by atoms with Crippen molar-refractivity contribution < 1.29 is 22.8 Å². The Bertz CT molecular complexity index is 267. The van der Waals surface area contributed by atoms with Crippen LogP contribution in [-0.2, 0) is 22.8 Å². The third-order valence-electron chi connectivity index (χ3n) is 4.10. The first-order valence-electron chi connectivity index (χ1n) is 7.42. The molecular formula is C13H33NO5Si2. The van der Waals surface area contributed by atoms with Gasteiger partial charge in [0.25, 0.3) is 0 Å². The second-order valence-corrected chi connectivity index (χ2v) is 11.0. The van der Waals surface area contributed by atoms with E-state index in [0.29, 0.717) is 5.67 Å². The summed E-state index contributed by atoms with van der Waals surface area (Å²) in [7, 11) is 4.95. The summed E-state index contributed by atoms with van der Waals surface area (Å²) < 4.78 is 27.8. The van der Waals surface area contributed by atoms with Crippen LogP contribution in [0.5, 0.6) is 0 Å². The van der Waals surface area contributed by atoms with E-state index in [1.807, 2.05) is 6.92 Å². The van der Waals surface area contributed by atoms with Gasteiger partial charge in [-0.2, -0.15) is 0 Å². The molecule has 0 bridgehead atoms. The van der Waals surface area contributed by atoms with E-state index < -0.39 is 23.7 Å². The summed E-state index contributed by atoms with van der Waals surface area (Å²) in [5.74, 6) is 0. The Morgan fingerprint density at radius 1 is 0.952 bits per heavy atom. The molecule has 6 nitrogen and oxygen atoms in total. The molecule has 2 unspecified atom stereocenters. The summed E-state index contributed by atoms with van der Waals surface area (Å²) in [6.45, 7) is 6.27. The molecule has 0 aromatic rings. The van der Waals surface area contributed by atoms with Crippen LogP contribution in [0.3, 0.4) is 0 Å². The molecule has 128 valence electrons. The summed E-state index contributed by atoms with van der Waals surface area (Å²) in [6, 6.07) is 0. The van der Waals surface area contributed by atoms with Gasteiger partial charge in [0.2, 0.25) is 0 Å². The fourth-order valence-corrected chi connectivity index (χ4v) is 6.90. The molecule has 0 spiro atoms. The van der Waals surface area contributed by atoms with E-state index in [2.05, 4.69) is 19.2 Å². The maximum absolute atomic E-state index is 5.60. The molecule has 21 heavy (non-hydrogen) atoms. The summed E-state index contributed by atoms with van der Waals surface area (Å²) >= 11 is 0. The highest BCUT2D eigenvalue weighted by molar-refractivity contribution is 6.62. The van der Waals surface area contributed by atoms with Crippen molar-refractivity contribution in [3.63, 3.8) is 0 Å². The molecule has 0 rings (SSSR count). The van der Waals surface area contributed by atoms with E-state index in [1.54, 1.807) is 35.5 Å². The van der Waals surface area contributed by atoms with Gasteiger partial charge in [-0.05, 0) is 25.4 Å². The van der Waals surface area contributed by atoms with Gasteiger partial charge in [0, 0.05) is 35.5 Å². The molecule has 0 heterocycles. The van der Waals surface area contributed by atoms with Crippen LogP contribution in [0.25, 0.3) is 0 Å². The SMILES string of the molecule is CCC(NC(CC)[Si](OC)(OC)OC)[SiH2]C(C)(OC)OC. The van der Waals surface area contributed by atoms with Crippen molar-refractivity contribution in [3.8, 4) is 0 Å². The highest BCUT2D eigenvalue weighted by Gasteiger charge is 2.47. The van der Waals surface area contributed by atoms with Crippen LogP contribution in [0, 0.1) is 0 Å². The van der Waals surface area contributed by atoms with Gasteiger partial charge in [0.15, 0.2) is 0 Å². The molecule has 0 aromatic carbocycles. The number of rotatable bonds is 12. The quantitative estimate of drug-likeness (QED) is 0.416. The zero-order valence-corrected chi connectivity index (χ0v) is 17.2. The van der Waals surface area contributed by atoms with E-state index in [1.165, 1.54) is 0 Å². The number of nitrogens with one attached hydrogen (secondary N) is 1. The summed E-state index contributed by atoms with van der Waals surface area (Å²) in [4.78, 5) is 0. The average Bonchev–Trinajstić information content (AvgIpc) is 2.54. The van der Waals surface area contributed by atoms with Gasteiger partial charge in [-0.3, -0.25) is 0 Å². The largest absolute Gasteiger partial charge is 0.517 e. The molecule has 0 aliphatic carbocycles. The van der Waals surface area contributed by atoms with Gasteiger partial charge in [0.1, 0.15) is 14.9 Å². The van der Waals surface area contributed by atoms with E-state index in [-0.39, 0.29) is 5.67 Å². The van der Waals surface area contributed by atoms with Gasteiger partial charge in [-0.15, -0.1) is 0 Å². The molecule has 1 N–H and O–H groups in total. The first-order chi connectivity index (χ1) is 9.90. The Hall–Kier alpha value is 0.194. The molecular weight excluding hydrogens is 306 g/mol. The molecule has 0 fully saturated rings. The van der Waals surface area contributed by atoms with Crippen molar-refractivity contribution in [2.24, 2.45) is 0 Å². The van der Waals surface area contributed by atoms with Crippen molar-refractivity contribution in [3.05, 3.63) is 0 Å². The van der Waals surface area contributed by atoms with Gasteiger partial charge in [-0.25, -0.2) is 0 Å². The highest BCUT2D eigenvalue weighted by Crippen LogP contribution is 2.17. The Morgan fingerprint density at radius 3 is 1.71 bits per heavy atom. The van der Waals surface area contributed by atoms with Crippen LogP contribution in [0.15, 0.2) is 0 Å². The third-order valence-corrected chi connectivity index (χ3v) is 9.86. The number of hydrogen-bond acceptors (Lipinski definition) is 6. The van der Waals surface area contributed by atoms with E-state index in [0.717, 1.165) is 12.8 Å². The average molecular weight is 340 g/mol. The highest BCUT2D eigenvalue weighted by atomic mass is 28.4. The van der Waals surface area contributed by atoms with E-state index in [4.69, 9.17) is 22.8 Å². The van der Waals surface area contributed by atoms with Crippen LogP contribution in [0.4, 0.5) is 0 Å². The summed E-state index contributed by atoms with van der Waals surface area (Å²) in [5.41, 5.74) is -0.0521. The molecule has 0 amide bonds. The summed E-state index contributed by atoms with van der Waals surface area (Å²) in [6.07, 6.45) is 1.88. The Morgan fingerprint density at radius 2 is 1.43 bits per heavy atom. The predicted octanol–water partition coefficient (Wildman–Crippen LogP) is 0.643.